The Bertz CT molecular complexity index is 1040. The van der Waals surface area contributed by atoms with Crippen molar-refractivity contribution in [3.8, 4) is 5.75 Å². The van der Waals surface area contributed by atoms with Gasteiger partial charge in [0.05, 0.1) is 17.4 Å². The summed E-state index contributed by atoms with van der Waals surface area (Å²) in [6, 6.07) is 15.2. The Balaban J connectivity index is 1.24. The summed E-state index contributed by atoms with van der Waals surface area (Å²) in [5.74, 6) is 1.48. The Morgan fingerprint density at radius 1 is 1.10 bits per heavy atom. The summed E-state index contributed by atoms with van der Waals surface area (Å²) in [5, 5.41) is 11.0. The Morgan fingerprint density at radius 2 is 1.87 bits per heavy atom. The first-order valence-electron chi connectivity index (χ1n) is 10.4. The number of β-amino-alcohol motifs (C(OH)–C–C–N with tert-alkyl or cyclic N) is 1. The van der Waals surface area contributed by atoms with Gasteiger partial charge in [0.25, 0.3) is 5.56 Å². The zero-order chi connectivity index (χ0) is 20.9. The number of aryl methyl sites for hydroxylation is 1. The monoisotopic (exact) mass is 408 g/mol. The Hall–Kier alpha value is -2.74. The van der Waals surface area contributed by atoms with E-state index in [4.69, 9.17) is 4.74 Å². The van der Waals surface area contributed by atoms with Crippen LogP contribution in [0.2, 0.25) is 0 Å². The number of fused-ring (bicyclic) bond motifs is 1. The number of rotatable bonds is 7. The number of hydrogen-bond donors (Lipinski definition) is 2. The van der Waals surface area contributed by atoms with Crippen molar-refractivity contribution >= 4 is 10.9 Å². The summed E-state index contributed by atoms with van der Waals surface area (Å²) in [7, 11) is 0. The highest BCUT2D eigenvalue weighted by molar-refractivity contribution is 5.77. The average molecular weight is 409 g/mol. The lowest BCUT2D eigenvalue weighted by Gasteiger charge is -2.35. The first-order valence-corrected chi connectivity index (χ1v) is 10.4. The summed E-state index contributed by atoms with van der Waals surface area (Å²) in [5.41, 5.74) is 1.78. The third-order valence-electron chi connectivity index (χ3n) is 5.40. The van der Waals surface area contributed by atoms with Gasteiger partial charge in [-0.1, -0.05) is 24.3 Å². The lowest BCUT2D eigenvalue weighted by atomic mass is 10.2. The van der Waals surface area contributed by atoms with Gasteiger partial charge in [0, 0.05) is 32.7 Å². The minimum Gasteiger partial charge on any atom is -0.491 e. The van der Waals surface area contributed by atoms with Crippen LogP contribution < -0.4 is 10.3 Å². The number of nitrogens with zero attached hydrogens (tertiary/aromatic N) is 3. The topological polar surface area (TPSA) is 81.7 Å². The number of aromatic amines is 1. The van der Waals surface area contributed by atoms with Gasteiger partial charge in [-0.2, -0.15) is 0 Å². The van der Waals surface area contributed by atoms with E-state index in [1.54, 1.807) is 6.07 Å². The van der Waals surface area contributed by atoms with Crippen LogP contribution >= 0.6 is 0 Å². The number of piperazine rings is 1. The summed E-state index contributed by atoms with van der Waals surface area (Å²) >= 11 is 0. The van der Waals surface area contributed by atoms with Crippen LogP contribution in [0.3, 0.4) is 0 Å². The van der Waals surface area contributed by atoms with Gasteiger partial charge >= 0.3 is 0 Å². The van der Waals surface area contributed by atoms with Gasteiger partial charge < -0.3 is 14.8 Å². The number of hydrogen-bond acceptors (Lipinski definition) is 6. The molecule has 1 atom stereocenters. The highest BCUT2D eigenvalue weighted by atomic mass is 16.5. The average Bonchev–Trinajstić information content (AvgIpc) is 2.74. The van der Waals surface area contributed by atoms with Crippen molar-refractivity contribution in [2.24, 2.45) is 0 Å². The van der Waals surface area contributed by atoms with Crippen molar-refractivity contribution in [2.75, 3.05) is 39.3 Å². The molecule has 2 heterocycles. The van der Waals surface area contributed by atoms with Crippen molar-refractivity contribution in [3.63, 3.8) is 0 Å². The van der Waals surface area contributed by atoms with Gasteiger partial charge in [-0.05, 0) is 36.8 Å². The van der Waals surface area contributed by atoms with Gasteiger partial charge in [-0.25, -0.2) is 4.98 Å². The molecule has 1 saturated heterocycles. The second-order valence-corrected chi connectivity index (χ2v) is 7.89. The molecule has 0 radical (unpaired) electrons. The van der Waals surface area contributed by atoms with E-state index < -0.39 is 6.10 Å². The van der Waals surface area contributed by atoms with Crippen LogP contribution in [0.1, 0.15) is 11.4 Å². The zero-order valence-electron chi connectivity index (χ0n) is 17.3. The number of aliphatic hydroxyl groups is 1. The van der Waals surface area contributed by atoms with Crippen LogP contribution in [-0.2, 0) is 6.54 Å². The van der Waals surface area contributed by atoms with E-state index in [0.29, 0.717) is 24.3 Å². The fourth-order valence-electron chi connectivity index (χ4n) is 3.80. The molecule has 1 fully saturated rings. The molecule has 158 valence electrons. The third kappa shape index (κ3) is 5.24. The summed E-state index contributed by atoms with van der Waals surface area (Å²) < 4.78 is 5.71. The van der Waals surface area contributed by atoms with Crippen molar-refractivity contribution in [2.45, 2.75) is 19.6 Å². The fourth-order valence-corrected chi connectivity index (χ4v) is 3.80. The largest absolute Gasteiger partial charge is 0.491 e. The number of nitrogens with one attached hydrogen (secondary N) is 1. The molecule has 0 bridgehead atoms. The molecular weight excluding hydrogens is 380 g/mol. The molecule has 1 unspecified atom stereocenters. The van der Waals surface area contributed by atoms with E-state index >= 15 is 0 Å². The second kappa shape index (κ2) is 9.38. The molecule has 1 aromatic heterocycles. The van der Waals surface area contributed by atoms with E-state index in [9.17, 15) is 9.90 Å². The summed E-state index contributed by atoms with van der Waals surface area (Å²) in [6.07, 6.45) is -0.532. The van der Waals surface area contributed by atoms with Gasteiger partial charge in [0.1, 0.15) is 24.3 Å². The third-order valence-corrected chi connectivity index (χ3v) is 5.40. The zero-order valence-corrected chi connectivity index (χ0v) is 17.3. The van der Waals surface area contributed by atoms with E-state index in [1.807, 2.05) is 49.4 Å². The lowest BCUT2D eigenvalue weighted by Crippen LogP contribution is -2.49. The molecule has 2 N–H and O–H groups in total. The molecule has 1 aliphatic heterocycles. The number of aromatic nitrogens is 2. The van der Waals surface area contributed by atoms with E-state index in [-0.39, 0.29) is 12.2 Å². The van der Waals surface area contributed by atoms with E-state index in [0.717, 1.165) is 43.0 Å². The van der Waals surface area contributed by atoms with Crippen LogP contribution in [-0.4, -0.2) is 70.3 Å². The van der Waals surface area contributed by atoms with Gasteiger partial charge in [0.15, 0.2) is 0 Å². The molecule has 7 heteroatoms. The fraction of sp³-hybridized carbons (Fsp3) is 0.391. The van der Waals surface area contributed by atoms with Crippen molar-refractivity contribution < 1.29 is 9.84 Å². The normalized spacial score (nSPS) is 16.6. The predicted molar refractivity (Wildman–Crippen MR) is 117 cm³/mol. The van der Waals surface area contributed by atoms with Gasteiger partial charge in [0.2, 0.25) is 0 Å². The van der Waals surface area contributed by atoms with Crippen molar-refractivity contribution in [1.82, 2.24) is 19.8 Å². The molecule has 30 heavy (non-hydrogen) atoms. The molecule has 4 rings (SSSR count). The maximum Gasteiger partial charge on any atom is 0.258 e. The first kappa shape index (κ1) is 20.5. The summed E-state index contributed by atoms with van der Waals surface area (Å²) in [4.78, 5) is 24.2. The SMILES string of the molecule is Cc1cccc(OCC(O)CN2CCN(Cc3nc4ccccc4c(=O)[nH]3)CC2)c1. The highest BCUT2D eigenvalue weighted by Gasteiger charge is 2.20. The van der Waals surface area contributed by atoms with Gasteiger partial charge in [-0.15, -0.1) is 0 Å². The number of H-pyrrole nitrogens is 1. The summed E-state index contributed by atoms with van der Waals surface area (Å²) in [6.45, 7) is 6.96. The number of benzene rings is 2. The molecule has 0 spiro atoms. The smallest absolute Gasteiger partial charge is 0.258 e. The molecule has 1 aliphatic rings. The Morgan fingerprint density at radius 3 is 2.67 bits per heavy atom. The van der Waals surface area contributed by atoms with Gasteiger partial charge in [-0.3, -0.25) is 14.6 Å². The minimum atomic E-state index is -0.532. The van der Waals surface area contributed by atoms with Crippen molar-refractivity contribution in [1.29, 1.82) is 0 Å². The molecule has 0 aliphatic carbocycles. The maximum atomic E-state index is 12.2. The lowest BCUT2D eigenvalue weighted by molar-refractivity contribution is 0.0441. The minimum absolute atomic E-state index is 0.0917. The first-order chi connectivity index (χ1) is 14.6. The molecule has 0 saturated carbocycles. The Labute approximate surface area is 175 Å². The number of para-hydroxylation sites is 1. The maximum absolute atomic E-state index is 12.2. The molecule has 2 aromatic carbocycles. The quantitative estimate of drug-likeness (QED) is 0.620. The van der Waals surface area contributed by atoms with E-state index in [2.05, 4.69) is 19.8 Å². The molecular formula is C23H28N4O3. The molecule has 0 amide bonds. The van der Waals surface area contributed by atoms with Crippen LogP contribution in [0.4, 0.5) is 0 Å². The van der Waals surface area contributed by atoms with E-state index in [1.165, 1.54) is 0 Å². The van der Waals surface area contributed by atoms with Crippen LogP contribution in [0, 0.1) is 6.92 Å². The standard InChI is InChI=1S/C23H28N4O3/c1-17-5-4-6-19(13-17)30-16-18(28)14-26-9-11-27(12-10-26)15-22-24-21-8-3-2-7-20(21)23(29)25-22/h2-8,13,18,28H,9-12,14-16H2,1H3,(H,24,25,29). The van der Waals surface area contributed by atoms with Crippen molar-refractivity contribution in [3.05, 3.63) is 70.3 Å². The predicted octanol–water partition coefficient (Wildman–Crippen LogP) is 1.79. The Kier molecular flexibility index (Phi) is 6.42. The van der Waals surface area contributed by atoms with Crippen LogP contribution in [0.5, 0.6) is 5.75 Å². The highest BCUT2D eigenvalue weighted by Crippen LogP contribution is 2.13. The second-order valence-electron chi connectivity index (χ2n) is 7.89. The van der Waals surface area contributed by atoms with Crippen LogP contribution in [0.15, 0.2) is 53.3 Å². The molecule has 3 aromatic rings. The van der Waals surface area contributed by atoms with Crippen LogP contribution in [0.25, 0.3) is 10.9 Å². The number of ether oxygens (including phenoxy) is 1. The number of aliphatic hydroxyl groups excluding tert-OH is 1. The molecule has 7 nitrogen and oxygen atoms in total.